The van der Waals surface area contributed by atoms with Gasteiger partial charge in [0, 0.05) is 18.2 Å². The second-order valence-electron chi connectivity index (χ2n) is 4.27. The smallest absolute Gasteiger partial charge is 0.218 e. The van der Waals surface area contributed by atoms with Crippen LogP contribution >= 0.6 is 11.6 Å². The number of nitrogens with zero attached hydrogens (tertiary/aromatic N) is 1. The number of methoxy groups -OCH3 is 1. The normalized spacial score (nSPS) is 10.5. The summed E-state index contributed by atoms with van der Waals surface area (Å²) in [7, 11) is 1.63. The lowest BCUT2D eigenvalue weighted by Crippen LogP contribution is -2.01. The van der Waals surface area contributed by atoms with Crippen molar-refractivity contribution in [3.05, 3.63) is 58.2 Å². The molecule has 0 aliphatic heterocycles. The summed E-state index contributed by atoms with van der Waals surface area (Å²) in [6.45, 7) is 2.88. The Hall–Kier alpha value is -1.58. The van der Waals surface area contributed by atoms with Crippen LogP contribution < -0.4 is 4.74 Å². The van der Waals surface area contributed by atoms with Crippen LogP contribution in [0.25, 0.3) is 0 Å². The van der Waals surface area contributed by atoms with E-state index in [0.29, 0.717) is 24.2 Å². The molecule has 2 aromatic rings. The average Bonchev–Trinajstić information content (AvgIpc) is 2.42. The van der Waals surface area contributed by atoms with Crippen LogP contribution in [0, 0.1) is 6.92 Å². The van der Waals surface area contributed by atoms with Gasteiger partial charge in [-0.25, -0.2) is 4.98 Å². The van der Waals surface area contributed by atoms with Crippen molar-refractivity contribution in [1.82, 2.24) is 4.98 Å². The van der Waals surface area contributed by atoms with E-state index in [2.05, 4.69) is 4.98 Å². The van der Waals surface area contributed by atoms with Crippen molar-refractivity contribution in [2.24, 2.45) is 0 Å². The highest BCUT2D eigenvalue weighted by atomic mass is 35.5. The molecule has 1 aromatic heterocycles. The van der Waals surface area contributed by atoms with Crippen molar-refractivity contribution < 1.29 is 9.47 Å². The number of ether oxygens (including phenoxy) is 2. The van der Waals surface area contributed by atoms with E-state index in [1.165, 1.54) is 0 Å². The maximum atomic E-state index is 6.09. The van der Waals surface area contributed by atoms with Crippen LogP contribution in [0.1, 0.15) is 16.7 Å². The molecule has 19 heavy (non-hydrogen) atoms. The highest BCUT2D eigenvalue weighted by Gasteiger charge is 2.09. The SMILES string of the molecule is COCc1cc(C)c(OCc2ccccc2)nc1Cl. The Bertz CT molecular complexity index is 543. The molecule has 0 bridgehead atoms. The molecule has 0 unspecified atom stereocenters. The molecule has 0 radical (unpaired) electrons. The summed E-state index contributed by atoms with van der Waals surface area (Å²) in [5.74, 6) is 0.564. The van der Waals surface area contributed by atoms with Crippen LogP contribution in [-0.4, -0.2) is 12.1 Å². The van der Waals surface area contributed by atoms with E-state index in [0.717, 1.165) is 16.7 Å². The predicted molar refractivity (Wildman–Crippen MR) is 75.5 cm³/mol. The number of rotatable bonds is 5. The topological polar surface area (TPSA) is 31.4 Å². The van der Waals surface area contributed by atoms with E-state index in [4.69, 9.17) is 21.1 Å². The molecule has 0 saturated heterocycles. The van der Waals surface area contributed by atoms with Gasteiger partial charge in [-0.15, -0.1) is 0 Å². The lowest BCUT2D eigenvalue weighted by molar-refractivity contribution is 0.184. The van der Waals surface area contributed by atoms with E-state index in [1.54, 1.807) is 7.11 Å². The summed E-state index contributed by atoms with van der Waals surface area (Å²) in [6.07, 6.45) is 0. The zero-order valence-electron chi connectivity index (χ0n) is 11.0. The molecule has 1 heterocycles. The maximum absolute atomic E-state index is 6.09. The molecule has 4 heteroatoms. The van der Waals surface area contributed by atoms with E-state index in [-0.39, 0.29) is 0 Å². The molecule has 0 atom stereocenters. The van der Waals surface area contributed by atoms with Gasteiger partial charge in [0.2, 0.25) is 5.88 Å². The Morgan fingerprint density at radius 1 is 1.16 bits per heavy atom. The highest BCUT2D eigenvalue weighted by molar-refractivity contribution is 6.30. The quantitative estimate of drug-likeness (QED) is 0.780. The van der Waals surface area contributed by atoms with Crippen LogP contribution in [0.5, 0.6) is 5.88 Å². The summed E-state index contributed by atoms with van der Waals surface area (Å²) in [5.41, 5.74) is 2.92. The Morgan fingerprint density at radius 3 is 2.58 bits per heavy atom. The van der Waals surface area contributed by atoms with Crippen molar-refractivity contribution in [1.29, 1.82) is 0 Å². The van der Waals surface area contributed by atoms with Crippen LogP contribution in [-0.2, 0) is 18.0 Å². The molecule has 100 valence electrons. The van der Waals surface area contributed by atoms with Gasteiger partial charge >= 0.3 is 0 Å². The summed E-state index contributed by atoms with van der Waals surface area (Å²) < 4.78 is 10.8. The summed E-state index contributed by atoms with van der Waals surface area (Å²) in [6, 6.07) is 11.9. The van der Waals surface area contributed by atoms with Gasteiger partial charge in [0.25, 0.3) is 0 Å². The van der Waals surface area contributed by atoms with Gasteiger partial charge in [0.15, 0.2) is 0 Å². The van der Waals surface area contributed by atoms with Crippen LogP contribution in [0.3, 0.4) is 0 Å². The third-order valence-corrected chi connectivity index (χ3v) is 3.04. The van der Waals surface area contributed by atoms with Gasteiger partial charge in [-0.2, -0.15) is 0 Å². The standard InChI is InChI=1S/C15H16ClNO2/c1-11-8-13(10-18-2)14(16)17-15(11)19-9-12-6-4-3-5-7-12/h3-8H,9-10H2,1-2H3. The van der Waals surface area contributed by atoms with Gasteiger partial charge < -0.3 is 9.47 Å². The van der Waals surface area contributed by atoms with E-state index < -0.39 is 0 Å². The lowest BCUT2D eigenvalue weighted by Gasteiger charge is -2.11. The monoisotopic (exact) mass is 277 g/mol. The average molecular weight is 278 g/mol. The minimum atomic E-state index is 0.426. The first-order chi connectivity index (χ1) is 9.20. The molecule has 0 spiro atoms. The van der Waals surface area contributed by atoms with Crippen LogP contribution in [0.4, 0.5) is 0 Å². The molecule has 2 rings (SSSR count). The second-order valence-corrected chi connectivity index (χ2v) is 4.63. The molecule has 0 saturated carbocycles. The van der Waals surface area contributed by atoms with E-state index >= 15 is 0 Å². The molecule has 0 N–H and O–H groups in total. The fourth-order valence-corrected chi connectivity index (χ4v) is 1.95. The minimum Gasteiger partial charge on any atom is -0.473 e. The van der Waals surface area contributed by atoms with Crippen molar-refractivity contribution in [3.8, 4) is 5.88 Å². The summed E-state index contributed by atoms with van der Waals surface area (Å²) in [4.78, 5) is 4.27. The van der Waals surface area contributed by atoms with Gasteiger partial charge in [-0.05, 0) is 18.6 Å². The lowest BCUT2D eigenvalue weighted by atomic mass is 10.2. The molecular weight excluding hydrogens is 262 g/mol. The fraction of sp³-hybridized carbons (Fsp3) is 0.267. The number of halogens is 1. The number of hydrogen-bond donors (Lipinski definition) is 0. The number of pyridine rings is 1. The highest BCUT2D eigenvalue weighted by Crippen LogP contribution is 2.23. The Labute approximate surface area is 118 Å². The third kappa shape index (κ3) is 3.69. The molecule has 0 aliphatic rings. The van der Waals surface area contributed by atoms with Crippen LogP contribution in [0.2, 0.25) is 5.15 Å². The predicted octanol–water partition coefficient (Wildman–Crippen LogP) is 3.77. The number of hydrogen-bond acceptors (Lipinski definition) is 3. The van der Waals surface area contributed by atoms with Crippen molar-refractivity contribution in [2.45, 2.75) is 20.1 Å². The summed E-state index contributed by atoms with van der Waals surface area (Å²) in [5, 5.41) is 0.426. The zero-order chi connectivity index (χ0) is 13.7. The Morgan fingerprint density at radius 2 is 1.89 bits per heavy atom. The summed E-state index contributed by atoms with van der Waals surface area (Å²) >= 11 is 6.09. The van der Waals surface area contributed by atoms with E-state index in [9.17, 15) is 0 Å². The van der Waals surface area contributed by atoms with Gasteiger partial charge in [-0.3, -0.25) is 0 Å². The number of aromatic nitrogens is 1. The number of aryl methyl sites for hydroxylation is 1. The Balaban J connectivity index is 2.10. The molecule has 0 fully saturated rings. The largest absolute Gasteiger partial charge is 0.473 e. The third-order valence-electron chi connectivity index (χ3n) is 2.71. The first-order valence-electron chi connectivity index (χ1n) is 6.02. The van der Waals surface area contributed by atoms with Crippen molar-refractivity contribution >= 4 is 11.6 Å². The molecule has 3 nitrogen and oxygen atoms in total. The van der Waals surface area contributed by atoms with Gasteiger partial charge in [0.05, 0.1) is 6.61 Å². The fourth-order valence-electron chi connectivity index (χ4n) is 1.76. The van der Waals surface area contributed by atoms with Crippen LogP contribution in [0.15, 0.2) is 36.4 Å². The van der Waals surface area contributed by atoms with E-state index in [1.807, 2.05) is 43.3 Å². The second kappa shape index (κ2) is 6.55. The molecular formula is C15H16ClNO2. The minimum absolute atomic E-state index is 0.426. The molecule has 0 amide bonds. The van der Waals surface area contributed by atoms with Gasteiger partial charge in [0.1, 0.15) is 11.8 Å². The Kier molecular flexibility index (Phi) is 4.77. The molecule has 0 aliphatic carbocycles. The van der Waals surface area contributed by atoms with Crippen molar-refractivity contribution in [2.75, 3.05) is 7.11 Å². The zero-order valence-corrected chi connectivity index (χ0v) is 11.8. The first kappa shape index (κ1) is 13.8. The van der Waals surface area contributed by atoms with Crippen molar-refractivity contribution in [3.63, 3.8) is 0 Å². The van der Waals surface area contributed by atoms with Gasteiger partial charge in [-0.1, -0.05) is 41.9 Å². The number of benzene rings is 1. The molecule has 1 aromatic carbocycles. The first-order valence-corrected chi connectivity index (χ1v) is 6.40. The maximum Gasteiger partial charge on any atom is 0.218 e.